The van der Waals surface area contributed by atoms with Gasteiger partial charge in [-0.1, -0.05) is 13.8 Å². The van der Waals surface area contributed by atoms with Crippen molar-refractivity contribution in [1.82, 2.24) is 4.90 Å². The molecule has 1 amide bonds. The van der Waals surface area contributed by atoms with E-state index in [1.165, 1.54) is 0 Å². The Hall–Kier alpha value is -0.610. The summed E-state index contributed by atoms with van der Waals surface area (Å²) >= 11 is 0. The van der Waals surface area contributed by atoms with Crippen LogP contribution in [0.15, 0.2) is 0 Å². The van der Waals surface area contributed by atoms with Crippen LogP contribution in [-0.4, -0.2) is 40.6 Å². The lowest BCUT2D eigenvalue weighted by Gasteiger charge is -2.39. The lowest BCUT2D eigenvalue weighted by atomic mass is 9.72. The Kier molecular flexibility index (Phi) is 5.39. The molecule has 1 rings (SSSR count). The van der Waals surface area contributed by atoms with Crippen molar-refractivity contribution in [3.05, 3.63) is 0 Å². The van der Waals surface area contributed by atoms with Gasteiger partial charge in [-0.3, -0.25) is 4.79 Å². The van der Waals surface area contributed by atoms with Crippen LogP contribution in [0, 0.1) is 17.8 Å². The number of likely N-dealkylation sites (N-methyl/N-ethyl adjacent to an activating group) is 1. The number of carbonyl (C=O) groups excluding carboxylic acids is 1. The molecule has 0 saturated heterocycles. The van der Waals surface area contributed by atoms with Gasteiger partial charge in [-0.2, -0.15) is 0 Å². The summed E-state index contributed by atoms with van der Waals surface area (Å²) in [5.41, 5.74) is 5.27. The van der Waals surface area contributed by atoms with Crippen LogP contribution in [0.1, 0.15) is 47.5 Å². The van der Waals surface area contributed by atoms with Crippen molar-refractivity contribution in [2.45, 2.75) is 59.1 Å². The number of hydrogen-bond donors (Lipinski definition) is 2. The molecule has 4 atom stereocenters. The summed E-state index contributed by atoms with van der Waals surface area (Å²) in [6.45, 7) is 10.8. The summed E-state index contributed by atoms with van der Waals surface area (Å²) in [4.78, 5) is 14.4. The van der Waals surface area contributed by atoms with Crippen molar-refractivity contribution in [3.8, 4) is 0 Å². The average molecular weight is 270 g/mol. The molecule has 19 heavy (non-hydrogen) atoms. The predicted molar refractivity (Wildman–Crippen MR) is 77.6 cm³/mol. The fourth-order valence-corrected chi connectivity index (χ4v) is 3.07. The van der Waals surface area contributed by atoms with Gasteiger partial charge in [0.15, 0.2) is 0 Å². The lowest BCUT2D eigenvalue weighted by molar-refractivity contribution is -0.141. The van der Waals surface area contributed by atoms with E-state index < -0.39 is 5.60 Å². The van der Waals surface area contributed by atoms with E-state index in [1.54, 1.807) is 18.7 Å². The topological polar surface area (TPSA) is 66.6 Å². The lowest BCUT2D eigenvalue weighted by Crippen LogP contribution is -2.49. The van der Waals surface area contributed by atoms with Crippen molar-refractivity contribution < 1.29 is 9.90 Å². The summed E-state index contributed by atoms with van der Waals surface area (Å²) in [7, 11) is 0. The maximum atomic E-state index is 12.6. The molecule has 0 aromatic carbocycles. The van der Waals surface area contributed by atoms with E-state index in [2.05, 4.69) is 13.8 Å². The highest BCUT2D eigenvalue weighted by atomic mass is 16.3. The van der Waals surface area contributed by atoms with Crippen molar-refractivity contribution >= 4 is 5.91 Å². The van der Waals surface area contributed by atoms with Gasteiger partial charge in [0.2, 0.25) is 5.91 Å². The number of nitrogens with two attached hydrogens (primary N) is 1. The van der Waals surface area contributed by atoms with Crippen molar-refractivity contribution in [2.24, 2.45) is 23.5 Å². The van der Waals surface area contributed by atoms with E-state index in [-0.39, 0.29) is 17.9 Å². The third-order valence-corrected chi connectivity index (χ3v) is 4.28. The smallest absolute Gasteiger partial charge is 0.226 e. The molecule has 0 radical (unpaired) electrons. The predicted octanol–water partition coefficient (Wildman–Crippen LogP) is 1.62. The van der Waals surface area contributed by atoms with Crippen LogP contribution in [0.2, 0.25) is 0 Å². The number of rotatable bonds is 4. The Morgan fingerprint density at radius 3 is 2.37 bits per heavy atom. The second-order valence-electron chi connectivity index (χ2n) is 6.86. The van der Waals surface area contributed by atoms with Gasteiger partial charge in [-0.25, -0.2) is 0 Å². The Labute approximate surface area is 117 Å². The Morgan fingerprint density at radius 2 is 1.89 bits per heavy atom. The maximum Gasteiger partial charge on any atom is 0.226 e. The Morgan fingerprint density at radius 1 is 1.32 bits per heavy atom. The normalized spacial score (nSPS) is 32.2. The molecule has 0 aliphatic heterocycles. The molecule has 0 spiro atoms. The molecule has 4 nitrogen and oxygen atoms in total. The number of carbonyl (C=O) groups is 1. The molecule has 0 aromatic heterocycles. The highest BCUT2D eigenvalue weighted by Gasteiger charge is 2.37. The van der Waals surface area contributed by atoms with Crippen LogP contribution in [0.4, 0.5) is 0 Å². The molecule has 4 heteroatoms. The molecule has 4 unspecified atom stereocenters. The van der Waals surface area contributed by atoms with Crippen LogP contribution < -0.4 is 5.73 Å². The van der Waals surface area contributed by atoms with E-state index in [9.17, 15) is 9.90 Å². The SMILES string of the molecule is CCN(CC(C)(C)O)C(=O)C1CC(N)C(C)CC1C. The van der Waals surface area contributed by atoms with Gasteiger partial charge in [0, 0.05) is 25.0 Å². The molecule has 112 valence electrons. The minimum Gasteiger partial charge on any atom is -0.389 e. The van der Waals surface area contributed by atoms with Gasteiger partial charge < -0.3 is 15.7 Å². The monoisotopic (exact) mass is 270 g/mol. The summed E-state index contributed by atoms with van der Waals surface area (Å²) in [6, 6.07) is 0.117. The third kappa shape index (κ3) is 4.46. The summed E-state index contributed by atoms with van der Waals surface area (Å²) in [6.07, 6.45) is 1.78. The van der Waals surface area contributed by atoms with E-state index in [1.807, 2.05) is 6.92 Å². The second-order valence-corrected chi connectivity index (χ2v) is 6.86. The number of nitrogens with zero attached hydrogens (tertiary/aromatic N) is 1. The molecular weight excluding hydrogens is 240 g/mol. The number of hydrogen-bond acceptors (Lipinski definition) is 3. The van der Waals surface area contributed by atoms with Gasteiger partial charge in [0.25, 0.3) is 0 Å². The average Bonchev–Trinajstić information content (AvgIpc) is 2.28. The zero-order chi connectivity index (χ0) is 14.8. The number of amides is 1. The van der Waals surface area contributed by atoms with Crippen molar-refractivity contribution in [1.29, 1.82) is 0 Å². The van der Waals surface area contributed by atoms with Gasteiger partial charge >= 0.3 is 0 Å². The highest BCUT2D eigenvalue weighted by Crippen LogP contribution is 2.34. The van der Waals surface area contributed by atoms with Crippen LogP contribution in [0.3, 0.4) is 0 Å². The van der Waals surface area contributed by atoms with Gasteiger partial charge in [0.05, 0.1) is 5.60 Å². The molecule has 0 aromatic rings. The van der Waals surface area contributed by atoms with Crippen LogP contribution in [0.5, 0.6) is 0 Å². The molecular formula is C15H30N2O2. The summed E-state index contributed by atoms with van der Waals surface area (Å²) in [5, 5.41) is 9.91. The quantitative estimate of drug-likeness (QED) is 0.815. The van der Waals surface area contributed by atoms with Crippen LogP contribution >= 0.6 is 0 Å². The van der Waals surface area contributed by atoms with Crippen molar-refractivity contribution in [2.75, 3.05) is 13.1 Å². The molecule has 1 fully saturated rings. The van der Waals surface area contributed by atoms with Crippen molar-refractivity contribution in [3.63, 3.8) is 0 Å². The zero-order valence-electron chi connectivity index (χ0n) is 13.0. The molecule has 1 aliphatic rings. The van der Waals surface area contributed by atoms with Crippen LogP contribution in [-0.2, 0) is 4.79 Å². The maximum absolute atomic E-state index is 12.6. The van der Waals surface area contributed by atoms with E-state index >= 15 is 0 Å². The van der Waals surface area contributed by atoms with E-state index in [0.29, 0.717) is 24.9 Å². The first kappa shape index (κ1) is 16.4. The van der Waals surface area contributed by atoms with Gasteiger partial charge in [-0.15, -0.1) is 0 Å². The first-order chi connectivity index (χ1) is 8.65. The standard InChI is InChI=1S/C15H30N2O2/c1-6-17(9-15(4,5)19)14(18)12-8-13(16)11(3)7-10(12)2/h10-13,19H,6-9,16H2,1-5H3. The zero-order valence-corrected chi connectivity index (χ0v) is 13.0. The fourth-order valence-electron chi connectivity index (χ4n) is 3.07. The summed E-state index contributed by atoms with van der Waals surface area (Å²) in [5.74, 6) is 1.02. The molecule has 0 bridgehead atoms. The molecule has 0 heterocycles. The minimum absolute atomic E-state index is 0.00787. The van der Waals surface area contributed by atoms with Gasteiger partial charge in [0.1, 0.15) is 0 Å². The Bertz CT molecular complexity index is 312. The number of aliphatic hydroxyl groups is 1. The molecule has 3 N–H and O–H groups in total. The Balaban J connectivity index is 2.74. The van der Waals surface area contributed by atoms with Crippen LogP contribution in [0.25, 0.3) is 0 Å². The van der Waals surface area contributed by atoms with E-state index in [0.717, 1.165) is 12.8 Å². The first-order valence-corrected chi connectivity index (χ1v) is 7.42. The fraction of sp³-hybridized carbons (Fsp3) is 0.933. The first-order valence-electron chi connectivity index (χ1n) is 7.42. The summed E-state index contributed by atoms with van der Waals surface area (Å²) < 4.78 is 0. The minimum atomic E-state index is -0.848. The molecule has 1 saturated carbocycles. The third-order valence-electron chi connectivity index (χ3n) is 4.28. The highest BCUT2D eigenvalue weighted by molar-refractivity contribution is 5.79. The van der Waals surface area contributed by atoms with E-state index in [4.69, 9.17) is 5.73 Å². The largest absolute Gasteiger partial charge is 0.389 e. The van der Waals surface area contributed by atoms with Gasteiger partial charge in [-0.05, 0) is 45.4 Å². The molecule has 1 aliphatic carbocycles. The second kappa shape index (κ2) is 6.23.